The lowest BCUT2D eigenvalue weighted by atomic mass is 10.0. The van der Waals surface area contributed by atoms with E-state index < -0.39 is 0 Å². The Bertz CT molecular complexity index is 659. The number of nitrogens with zero attached hydrogens (tertiary/aromatic N) is 3. The van der Waals surface area contributed by atoms with Crippen molar-refractivity contribution in [3.8, 4) is 5.69 Å². The Labute approximate surface area is 125 Å². The maximum Gasteiger partial charge on any atom is 0.0773 e. The van der Waals surface area contributed by atoms with Crippen molar-refractivity contribution in [1.82, 2.24) is 20.1 Å². The van der Waals surface area contributed by atoms with E-state index in [0.29, 0.717) is 0 Å². The normalized spacial score (nSPS) is 19.1. The molecule has 110 valence electrons. The Balaban J connectivity index is 2.05. The van der Waals surface area contributed by atoms with E-state index in [4.69, 9.17) is 10.9 Å². The third-order valence-corrected chi connectivity index (χ3v) is 4.04. The zero-order valence-corrected chi connectivity index (χ0v) is 12.5. The summed E-state index contributed by atoms with van der Waals surface area (Å²) in [6, 6.07) is 10.2. The summed E-state index contributed by atoms with van der Waals surface area (Å²) >= 11 is 0. The summed E-state index contributed by atoms with van der Waals surface area (Å²) in [6.45, 7) is 9.86. The van der Waals surface area contributed by atoms with E-state index in [9.17, 15) is 0 Å². The standard InChI is InChI=1S/C16H21N5/c1-11-15(16-13(3)20(17)10-9-18-16)12(2)21(19-11)14-7-5-4-6-8-14/h4-8,16,18H,3,9-10,17H2,1-2H3. The highest BCUT2D eigenvalue weighted by atomic mass is 15.4. The molecule has 1 atom stereocenters. The number of rotatable bonds is 2. The SMILES string of the molecule is C=C1C(c2c(C)nn(-c3ccccc3)c2C)NCCN1N. The molecule has 2 heterocycles. The summed E-state index contributed by atoms with van der Waals surface area (Å²) < 4.78 is 1.98. The van der Waals surface area contributed by atoms with Crippen LogP contribution in [-0.4, -0.2) is 27.9 Å². The van der Waals surface area contributed by atoms with Crippen LogP contribution in [0.2, 0.25) is 0 Å². The lowest BCUT2D eigenvalue weighted by Gasteiger charge is -2.34. The topological polar surface area (TPSA) is 59.1 Å². The molecule has 3 N–H and O–H groups in total. The van der Waals surface area contributed by atoms with Crippen LogP contribution in [0.4, 0.5) is 0 Å². The fourth-order valence-corrected chi connectivity index (χ4v) is 2.92. The van der Waals surface area contributed by atoms with Crippen molar-refractivity contribution in [3.63, 3.8) is 0 Å². The van der Waals surface area contributed by atoms with E-state index in [-0.39, 0.29) is 6.04 Å². The van der Waals surface area contributed by atoms with Gasteiger partial charge in [-0.15, -0.1) is 0 Å². The van der Waals surface area contributed by atoms with E-state index in [1.165, 1.54) is 5.56 Å². The van der Waals surface area contributed by atoms with Crippen molar-refractivity contribution in [3.05, 3.63) is 59.6 Å². The van der Waals surface area contributed by atoms with Gasteiger partial charge in [0.1, 0.15) is 0 Å². The van der Waals surface area contributed by atoms with Gasteiger partial charge in [0.15, 0.2) is 0 Å². The molecule has 0 aliphatic carbocycles. The minimum Gasteiger partial charge on any atom is -0.313 e. The molecule has 5 heteroatoms. The molecule has 5 nitrogen and oxygen atoms in total. The van der Waals surface area contributed by atoms with Crippen LogP contribution in [-0.2, 0) is 0 Å². The largest absolute Gasteiger partial charge is 0.313 e. The molecule has 1 fully saturated rings. The molecule has 0 spiro atoms. The number of hydrogen-bond acceptors (Lipinski definition) is 4. The number of para-hydroxylation sites is 1. The maximum atomic E-state index is 5.99. The van der Waals surface area contributed by atoms with Crippen LogP contribution in [0.1, 0.15) is 23.0 Å². The Hall–Kier alpha value is -2.11. The van der Waals surface area contributed by atoms with Crippen molar-refractivity contribution < 1.29 is 0 Å². The summed E-state index contributed by atoms with van der Waals surface area (Å²) in [6.07, 6.45) is 0. The first-order chi connectivity index (χ1) is 10.1. The molecule has 0 bridgehead atoms. The minimum atomic E-state index is 0.0289. The van der Waals surface area contributed by atoms with Gasteiger partial charge in [0.25, 0.3) is 0 Å². The molecule has 1 aliphatic heterocycles. The van der Waals surface area contributed by atoms with Crippen molar-refractivity contribution in [2.24, 2.45) is 5.84 Å². The number of hydrazine groups is 1. The van der Waals surface area contributed by atoms with Crippen molar-refractivity contribution in [2.75, 3.05) is 13.1 Å². The fourth-order valence-electron chi connectivity index (χ4n) is 2.92. The lowest BCUT2D eigenvalue weighted by molar-refractivity contribution is 0.273. The molecule has 1 aromatic carbocycles. The van der Waals surface area contributed by atoms with Gasteiger partial charge in [-0.1, -0.05) is 24.8 Å². The molecule has 3 rings (SSSR count). The molecule has 1 aromatic heterocycles. The summed E-state index contributed by atoms with van der Waals surface area (Å²) in [5.74, 6) is 5.99. The van der Waals surface area contributed by atoms with Crippen LogP contribution in [0.25, 0.3) is 5.69 Å². The molecule has 0 radical (unpaired) electrons. The smallest absolute Gasteiger partial charge is 0.0773 e. The molecule has 1 saturated heterocycles. The highest BCUT2D eigenvalue weighted by Gasteiger charge is 2.28. The van der Waals surface area contributed by atoms with Crippen molar-refractivity contribution >= 4 is 0 Å². The van der Waals surface area contributed by atoms with Gasteiger partial charge in [-0.05, 0) is 26.0 Å². The van der Waals surface area contributed by atoms with Gasteiger partial charge >= 0.3 is 0 Å². The second-order valence-corrected chi connectivity index (χ2v) is 5.40. The Morgan fingerprint density at radius 1 is 1.29 bits per heavy atom. The number of aryl methyl sites for hydroxylation is 1. The third kappa shape index (κ3) is 2.34. The first-order valence-electron chi connectivity index (χ1n) is 7.15. The van der Waals surface area contributed by atoms with Gasteiger partial charge in [0.2, 0.25) is 0 Å². The van der Waals surface area contributed by atoms with Crippen LogP contribution in [0, 0.1) is 13.8 Å². The molecule has 0 saturated carbocycles. The summed E-state index contributed by atoms with van der Waals surface area (Å²) in [5.41, 5.74) is 5.24. The number of piperazine rings is 1. The van der Waals surface area contributed by atoms with Crippen LogP contribution in [0.3, 0.4) is 0 Å². The number of hydrogen-bond donors (Lipinski definition) is 2. The van der Waals surface area contributed by atoms with Gasteiger partial charge in [0.05, 0.1) is 17.4 Å². The van der Waals surface area contributed by atoms with Crippen LogP contribution in [0.15, 0.2) is 42.6 Å². The number of benzene rings is 1. The maximum absolute atomic E-state index is 5.99. The molecule has 1 aliphatic rings. The van der Waals surface area contributed by atoms with E-state index in [1.54, 1.807) is 5.01 Å². The van der Waals surface area contributed by atoms with Gasteiger partial charge in [0, 0.05) is 30.0 Å². The Morgan fingerprint density at radius 3 is 2.71 bits per heavy atom. The molecular weight excluding hydrogens is 262 g/mol. The van der Waals surface area contributed by atoms with E-state index in [0.717, 1.165) is 35.9 Å². The predicted molar refractivity (Wildman–Crippen MR) is 83.8 cm³/mol. The van der Waals surface area contributed by atoms with E-state index in [2.05, 4.69) is 31.0 Å². The minimum absolute atomic E-state index is 0.0289. The first kappa shape index (κ1) is 13.9. The monoisotopic (exact) mass is 283 g/mol. The highest BCUT2D eigenvalue weighted by Crippen LogP contribution is 2.30. The molecule has 0 amide bonds. The zero-order chi connectivity index (χ0) is 15.0. The Morgan fingerprint density at radius 2 is 2.00 bits per heavy atom. The molecular formula is C16H21N5. The van der Waals surface area contributed by atoms with Crippen LogP contribution >= 0.6 is 0 Å². The highest BCUT2D eigenvalue weighted by molar-refractivity contribution is 5.40. The lowest BCUT2D eigenvalue weighted by Crippen LogP contribution is -2.47. The summed E-state index contributed by atoms with van der Waals surface area (Å²) in [4.78, 5) is 0. The van der Waals surface area contributed by atoms with Gasteiger partial charge in [-0.25, -0.2) is 10.5 Å². The van der Waals surface area contributed by atoms with Crippen LogP contribution in [0.5, 0.6) is 0 Å². The third-order valence-electron chi connectivity index (χ3n) is 4.04. The van der Waals surface area contributed by atoms with Gasteiger partial charge < -0.3 is 10.3 Å². The average Bonchev–Trinajstić information content (AvgIpc) is 2.78. The Kier molecular flexibility index (Phi) is 3.53. The molecule has 1 unspecified atom stereocenters. The number of nitrogens with two attached hydrogens (primary N) is 1. The summed E-state index contributed by atoms with van der Waals surface area (Å²) in [5, 5.41) is 9.90. The number of aromatic nitrogens is 2. The molecule has 21 heavy (non-hydrogen) atoms. The van der Waals surface area contributed by atoms with E-state index in [1.807, 2.05) is 29.8 Å². The van der Waals surface area contributed by atoms with Crippen molar-refractivity contribution in [1.29, 1.82) is 0 Å². The van der Waals surface area contributed by atoms with Gasteiger partial charge in [-0.3, -0.25) is 0 Å². The van der Waals surface area contributed by atoms with Gasteiger partial charge in [-0.2, -0.15) is 5.10 Å². The van der Waals surface area contributed by atoms with Crippen LogP contribution < -0.4 is 11.2 Å². The number of nitrogens with one attached hydrogen (secondary N) is 1. The second-order valence-electron chi connectivity index (χ2n) is 5.40. The summed E-state index contributed by atoms with van der Waals surface area (Å²) in [7, 11) is 0. The zero-order valence-electron chi connectivity index (χ0n) is 12.5. The predicted octanol–water partition coefficient (Wildman–Crippen LogP) is 1.82. The molecule has 2 aromatic rings. The van der Waals surface area contributed by atoms with Crippen molar-refractivity contribution in [2.45, 2.75) is 19.9 Å². The quantitative estimate of drug-likeness (QED) is 0.826. The van der Waals surface area contributed by atoms with E-state index >= 15 is 0 Å². The first-order valence-corrected chi connectivity index (χ1v) is 7.15. The fraction of sp³-hybridized carbons (Fsp3) is 0.312. The second kappa shape index (κ2) is 5.35. The average molecular weight is 283 g/mol.